The summed E-state index contributed by atoms with van der Waals surface area (Å²) in [5.41, 5.74) is 18.3. The standard InChI is InChI=1S/C58H39BN4/c1-4-21-41(22-5-1)58(42-23-6-2-7-24-42)46-28-12-13-29-48(46)59-49-30-14-15-31-51(49)61(44-35-37-60-38-36-44)57-55(59)47(58)39-54-56(57)62(43-25-8-3-9-26-43)52-32-16-17-33-53(52)63(54)50-34-18-20-40-19-10-11-27-45(40)50/h1-39H. The molecule has 3 aliphatic rings. The molecule has 0 radical (unpaired) electrons. The van der Waals surface area contributed by atoms with Crippen molar-refractivity contribution >= 4 is 85.1 Å². The first-order chi connectivity index (χ1) is 31.3. The zero-order valence-corrected chi connectivity index (χ0v) is 34.4. The highest BCUT2D eigenvalue weighted by atomic mass is 15.3. The zero-order chi connectivity index (χ0) is 41.5. The molecule has 63 heavy (non-hydrogen) atoms. The second kappa shape index (κ2) is 13.9. The van der Waals surface area contributed by atoms with Gasteiger partial charge in [-0.25, -0.2) is 0 Å². The fourth-order valence-corrected chi connectivity index (χ4v) is 11.2. The molecular formula is C58H39BN4. The smallest absolute Gasteiger partial charge is 0.247 e. The lowest BCUT2D eigenvalue weighted by atomic mass is 9.29. The van der Waals surface area contributed by atoms with Gasteiger partial charge in [-0.1, -0.05) is 175 Å². The van der Waals surface area contributed by atoms with Crippen LogP contribution in [0.3, 0.4) is 0 Å². The van der Waals surface area contributed by atoms with E-state index in [4.69, 9.17) is 0 Å². The molecule has 4 nitrogen and oxygen atoms in total. The van der Waals surface area contributed by atoms with Gasteiger partial charge in [-0.3, -0.25) is 4.98 Å². The van der Waals surface area contributed by atoms with Gasteiger partial charge in [-0.2, -0.15) is 0 Å². The van der Waals surface area contributed by atoms with Crippen LogP contribution in [0.25, 0.3) is 10.8 Å². The number of para-hydroxylation sites is 4. The van der Waals surface area contributed by atoms with Crippen molar-refractivity contribution in [3.05, 3.63) is 259 Å². The van der Waals surface area contributed by atoms with Gasteiger partial charge in [-0.05, 0) is 93.2 Å². The Morgan fingerprint density at radius 3 is 1.62 bits per heavy atom. The van der Waals surface area contributed by atoms with Gasteiger partial charge >= 0.3 is 0 Å². The fraction of sp³-hybridized carbons (Fsp3) is 0.0172. The number of pyridine rings is 1. The van der Waals surface area contributed by atoms with Gasteiger partial charge in [0.15, 0.2) is 0 Å². The first kappa shape index (κ1) is 35.6. The zero-order valence-electron chi connectivity index (χ0n) is 34.4. The minimum absolute atomic E-state index is 0.0628. The lowest BCUT2D eigenvalue weighted by molar-refractivity contribution is 0.750. The van der Waals surface area contributed by atoms with Crippen LogP contribution in [0.4, 0.5) is 51.2 Å². The van der Waals surface area contributed by atoms with Crippen LogP contribution in [-0.4, -0.2) is 11.7 Å². The third-order valence-electron chi connectivity index (χ3n) is 13.6. The highest BCUT2D eigenvalue weighted by Gasteiger charge is 2.53. The molecule has 4 heterocycles. The van der Waals surface area contributed by atoms with Crippen molar-refractivity contribution in [1.29, 1.82) is 0 Å². The highest BCUT2D eigenvalue weighted by Crippen LogP contribution is 2.62. The van der Waals surface area contributed by atoms with Gasteiger partial charge in [-0.15, -0.1) is 0 Å². The van der Waals surface area contributed by atoms with Crippen molar-refractivity contribution in [3.8, 4) is 0 Å². The quantitative estimate of drug-likeness (QED) is 0.162. The lowest BCUT2D eigenvalue weighted by Crippen LogP contribution is -2.65. The number of nitrogens with zero attached hydrogens (tertiary/aromatic N) is 4. The Hall–Kier alpha value is -8.15. The molecule has 0 saturated carbocycles. The molecule has 5 heteroatoms. The van der Waals surface area contributed by atoms with Gasteiger partial charge in [0.2, 0.25) is 6.71 Å². The summed E-state index contributed by atoms with van der Waals surface area (Å²) in [6, 6.07) is 83.0. The number of benzene rings is 9. The molecule has 10 aromatic rings. The van der Waals surface area contributed by atoms with Gasteiger partial charge in [0.1, 0.15) is 0 Å². The molecule has 9 aromatic carbocycles. The minimum atomic E-state index is -0.691. The lowest BCUT2D eigenvalue weighted by Gasteiger charge is -2.51. The van der Waals surface area contributed by atoms with Crippen LogP contribution >= 0.6 is 0 Å². The molecule has 0 amide bonds. The summed E-state index contributed by atoms with van der Waals surface area (Å²) in [5.74, 6) is 0. The maximum absolute atomic E-state index is 4.56. The second-order valence-corrected chi connectivity index (χ2v) is 16.6. The predicted molar refractivity (Wildman–Crippen MR) is 262 cm³/mol. The Bertz CT molecular complexity index is 3330. The van der Waals surface area contributed by atoms with E-state index in [-0.39, 0.29) is 6.71 Å². The normalized spacial score (nSPS) is 14.0. The monoisotopic (exact) mass is 802 g/mol. The van der Waals surface area contributed by atoms with Gasteiger partial charge in [0, 0.05) is 34.8 Å². The third kappa shape index (κ3) is 5.02. The summed E-state index contributed by atoms with van der Waals surface area (Å²) in [6.45, 7) is -0.0628. The predicted octanol–water partition coefficient (Wildman–Crippen LogP) is 12.5. The van der Waals surface area contributed by atoms with Crippen molar-refractivity contribution in [1.82, 2.24) is 4.98 Å². The van der Waals surface area contributed by atoms with Crippen molar-refractivity contribution < 1.29 is 0 Å². The molecule has 0 atom stereocenters. The molecule has 0 unspecified atom stereocenters. The molecule has 0 aliphatic carbocycles. The molecule has 1 aromatic heterocycles. The Morgan fingerprint density at radius 2 is 0.889 bits per heavy atom. The van der Waals surface area contributed by atoms with Gasteiger partial charge in [0.05, 0.1) is 39.5 Å². The van der Waals surface area contributed by atoms with Gasteiger partial charge in [0.25, 0.3) is 0 Å². The van der Waals surface area contributed by atoms with E-state index in [1.165, 1.54) is 49.4 Å². The van der Waals surface area contributed by atoms with Crippen molar-refractivity contribution in [2.24, 2.45) is 0 Å². The van der Waals surface area contributed by atoms with Gasteiger partial charge < -0.3 is 14.7 Å². The summed E-state index contributed by atoms with van der Waals surface area (Å²) < 4.78 is 0. The Balaban J connectivity index is 1.30. The van der Waals surface area contributed by atoms with Crippen LogP contribution in [0.15, 0.2) is 237 Å². The number of fused-ring (bicyclic) bond motifs is 8. The van der Waals surface area contributed by atoms with E-state index < -0.39 is 5.41 Å². The van der Waals surface area contributed by atoms with E-state index in [1.807, 2.05) is 12.4 Å². The fourth-order valence-electron chi connectivity index (χ4n) is 11.2. The maximum atomic E-state index is 4.56. The number of aromatic nitrogens is 1. The van der Waals surface area contributed by atoms with E-state index in [1.54, 1.807) is 0 Å². The topological polar surface area (TPSA) is 22.6 Å². The van der Waals surface area contributed by atoms with E-state index >= 15 is 0 Å². The van der Waals surface area contributed by atoms with E-state index in [0.29, 0.717) is 0 Å². The molecule has 0 saturated heterocycles. The number of hydrogen-bond donors (Lipinski definition) is 0. The number of hydrogen-bond acceptors (Lipinski definition) is 4. The average Bonchev–Trinajstić information content (AvgIpc) is 3.36. The van der Waals surface area contributed by atoms with Crippen LogP contribution in [0.2, 0.25) is 0 Å². The first-order valence-corrected chi connectivity index (χ1v) is 21.8. The SMILES string of the molecule is c1ccc(N2c3ccccc3N(c3cccc4ccccc34)c3cc4c5c(c32)N(c2ccncc2)c2ccccc2B5c2ccccc2C4(c2ccccc2)c2ccccc2)cc1. The van der Waals surface area contributed by atoms with Crippen LogP contribution < -0.4 is 31.1 Å². The third-order valence-corrected chi connectivity index (χ3v) is 13.6. The second-order valence-electron chi connectivity index (χ2n) is 16.6. The Morgan fingerprint density at radius 1 is 0.365 bits per heavy atom. The molecule has 13 rings (SSSR count). The maximum Gasteiger partial charge on any atom is 0.247 e. The Kier molecular flexibility index (Phi) is 7.88. The van der Waals surface area contributed by atoms with E-state index in [0.717, 1.165) is 51.2 Å². The molecule has 294 valence electrons. The van der Waals surface area contributed by atoms with Crippen LogP contribution in [0.5, 0.6) is 0 Å². The van der Waals surface area contributed by atoms with Crippen LogP contribution in [-0.2, 0) is 5.41 Å². The summed E-state index contributed by atoms with van der Waals surface area (Å²) in [6.07, 6.45) is 3.85. The minimum Gasteiger partial charge on any atom is -0.309 e. The number of anilines is 9. The number of rotatable bonds is 5. The largest absolute Gasteiger partial charge is 0.309 e. The average molecular weight is 803 g/mol. The summed E-state index contributed by atoms with van der Waals surface area (Å²) in [4.78, 5) is 12.2. The first-order valence-electron chi connectivity index (χ1n) is 21.8. The summed E-state index contributed by atoms with van der Waals surface area (Å²) >= 11 is 0. The summed E-state index contributed by atoms with van der Waals surface area (Å²) in [5, 5.41) is 2.39. The van der Waals surface area contributed by atoms with Crippen molar-refractivity contribution in [2.45, 2.75) is 5.41 Å². The molecule has 0 bridgehead atoms. The molecule has 0 fully saturated rings. The summed E-state index contributed by atoms with van der Waals surface area (Å²) in [7, 11) is 0. The van der Waals surface area contributed by atoms with E-state index in [9.17, 15) is 0 Å². The van der Waals surface area contributed by atoms with Crippen LogP contribution in [0, 0.1) is 0 Å². The molecule has 0 spiro atoms. The molecule has 3 aliphatic heterocycles. The molecular weight excluding hydrogens is 763 g/mol. The van der Waals surface area contributed by atoms with Crippen LogP contribution in [0.1, 0.15) is 22.3 Å². The molecule has 0 N–H and O–H groups in total. The van der Waals surface area contributed by atoms with Crippen molar-refractivity contribution in [3.63, 3.8) is 0 Å². The van der Waals surface area contributed by atoms with E-state index in [2.05, 4.69) is 244 Å². The van der Waals surface area contributed by atoms with Crippen molar-refractivity contribution in [2.75, 3.05) is 14.7 Å². The highest BCUT2D eigenvalue weighted by molar-refractivity contribution is 6.99. The Labute approximate surface area is 367 Å².